The third kappa shape index (κ3) is 7.96. The summed E-state index contributed by atoms with van der Waals surface area (Å²) in [6.07, 6.45) is 7.40. The van der Waals surface area contributed by atoms with E-state index in [1.807, 2.05) is 6.08 Å². The minimum absolute atomic E-state index is 0.0189. The first-order chi connectivity index (χ1) is 13.7. The van der Waals surface area contributed by atoms with Gasteiger partial charge in [-0.15, -0.1) is 17.3 Å². The molecular formula is C22H29NO4S2. The van der Waals surface area contributed by atoms with Crippen molar-refractivity contribution in [2.75, 3.05) is 5.75 Å². The number of aromatic nitrogens is 1. The van der Waals surface area contributed by atoms with Crippen molar-refractivity contribution >= 4 is 34.9 Å². The molecule has 2 N–H and O–H groups in total. The molecule has 29 heavy (non-hydrogen) atoms. The number of carbonyl (C=O) groups is 2. The van der Waals surface area contributed by atoms with Crippen LogP contribution in [0.25, 0.3) is 0 Å². The Bertz CT molecular complexity index is 801. The number of carboxylic acids is 1. The van der Waals surface area contributed by atoms with Gasteiger partial charge in [0.1, 0.15) is 11.4 Å². The van der Waals surface area contributed by atoms with Crippen LogP contribution in [0.3, 0.4) is 0 Å². The Morgan fingerprint density at radius 3 is 2.93 bits per heavy atom. The van der Waals surface area contributed by atoms with Crippen molar-refractivity contribution in [1.29, 1.82) is 0 Å². The lowest BCUT2D eigenvalue weighted by molar-refractivity contribution is -0.121. The summed E-state index contributed by atoms with van der Waals surface area (Å²) < 4.78 is 0.718. The van der Waals surface area contributed by atoms with Gasteiger partial charge in [0.05, 0.1) is 0 Å². The third-order valence-corrected chi connectivity index (χ3v) is 6.83. The fourth-order valence-corrected chi connectivity index (χ4v) is 5.10. The van der Waals surface area contributed by atoms with Crippen molar-refractivity contribution in [3.05, 3.63) is 23.2 Å². The predicted molar refractivity (Wildman–Crippen MR) is 117 cm³/mol. The normalized spacial score (nSPS) is 21.3. The highest BCUT2D eigenvalue weighted by Crippen LogP contribution is 2.35. The molecule has 7 heteroatoms. The Morgan fingerprint density at radius 2 is 2.28 bits per heavy atom. The standard InChI is InChI=1S/C22H29NO4S2/c1-15(2)6-4-11-22(3,27)12-5-7-16-8-9-19(24)17(16)10-13-28-21-23-18(14-29-21)20(25)26/h5,7,14-17,27H,6,8-10,12-13H2,1-3H3,(H,25,26). The lowest BCUT2D eigenvalue weighted by Gasteiger charge is -2.16. The summed E-state index contributed by atoms with van der Waals surface area (Å²) in [5, 5.41) is 20.9. The van der Waals surface area contributed by atoms with Gasteiger partial charge >= 0.3 is 5.97 Å². The highest BCUT2D eigenvalue weighted by atomic mass is 32.2. The number of aromatic carboxylic acids is 1. The smallest absolute Gasteiger partial charge is 0.355 e. The van der Waals surface area contributed by atoms with Gasteiger partial charge in [0.25, 0.3) is 0 Å². The van der Waals surface area contributed by atoms with Crippen molar-refractivity contribution in [2.24, 2.45) is 17.8 Å². The first-order valence-electron chi connectivity index (χ1n) is 9.91. The van der Waals surface area contributed by atoms with Gasteiger partial charge in [0.2, 0.25) is 0 Å². The number of nitrogens with zero attached hydrogens (tertiary/aromatic N) is 1. The number of aliphatic hydroxyl groups is 1. The van der Waals surface area contributed by atoms with Crippen LogP contribution in [0.2, 0.25) is 0 Å². The minimum atomic E-state index is -1.05. The van der Waals surface area contributed by atoms with Crippen LogP contribution in [0.5, 0.6) is 0 Å². The summed E-state index contributed by atoms with van der Waals surface area (Å²) >= 11 is 2.82. The molecule has 0 saturated heterocycles. The number of hydrogen-bond acceptors (Lipinski definition) is 6. The van der Waals surface area contributed by atoms with Gasteiger partial charge in [-0.05, 0) is 31.6 Å². The van der Waals surface area contributed by atoms with Crippen LogP contribution in [0.4, 0.5) is 0 Å². The van der Waals surface area contributed by atoms with E-state index in [2.05, 4.69) is 36.7 Å². The number of Topliss-reactive ketones (excluding diaryl/α,β-unsaturated/α-hetero) is 1. The van der Waals surface area contributed by atoms with E-state index in [4.69, 9.17) is 5.11 Å². The fraction of sp³-hybridized carbons (Fsp3) is 0.591. The molecule has 3 unspecified atom stereocenters. The Balaban J connectivity index is 1.84. The molecule has 0 aromatic carbocycles. The zero-order chi connectivity index (χ0) is 21.4. The fourth-order valence-electron chi connectivity index (χ4n) is 3.20. The van der Waals surface area contributed by atoms with Crippen LogP contribution < -0.4 is 0 Å². The quantitative estimate of drug-likeness (QED) is 0.333. The summed E-state index contributed by atoms with van der Waals surface area (Å²) in [4.78, 5) is 27.2. The molecule has 0 bridgehead atoms. The molecule has 1 aliphatic carbocycles. The van der Waals surface area contributed by atoms with Gasteiger partial charge in [0, 0.05) is 36.3 Å². The second-order valence-electron chi connectivity index (χ2n) is 8.02. The van der Waals surface area contributed by atoms with E-state index < -0.39 is 11.6 Å². The van der Waals surface area contributed by atoms with Crippen molar-refractivity contribution in [1.82, 2.24) is 4.98 Å². The minimum Gasteiger partial charge on any atom is -0.476 e. The number of hydrogen-bond donors (Lipinski definition) is 2. The molecule has 0 spiro atoms. The Hall–Kier alpha value is -1.62. The second-order valence-corrected chi connectivity index (χ2v) is 10.2. The van der Waals surface area contributed by atoms with Crippen molar-refractivity contribution in [3.63, 3.8) is 0 Å². The van der Waals surface area contributed by atoms with Gasteiger partial charge in [0.15, 0.2) is 10.0 Å². The molecule has 1 heterocycles. The van der Waals surface area contributed by atoms with Crippen LogP contribution in [0.15, 0.2) is 21.9 Å². The van der Waals surface area contributed by atoms with Crippen LogP contribution >= 0.6 is 23.1 Å². The molecule has 1 saturated carbocycles. The SMILES string of the molecule is CC(C)CC#CC(C)(O)CC=CC1CCC(=O)C1CCSc1nc(C(=O)O)cs1. The van der Waals surface area contributed by atoms with E-state index in [1.165, 1.54) is 28.5 Å². The van der Waals surface area contributed by atoms with E-state index in [0.717, 1.165) is 29.4 Å². The lowest BCUT2D eigenvalue weighted by atomic mass is 9.91. The van der Waals surface area contributed by atoms with Gasteiger partial charge in [-0.25, -0.2) is 9.78 Å². The zero-order valence-corrected chi connectivity index (χ0v) is 18.8. The number of allylic oxidation sites excluding steroid dienone is 1. The summed E-state index contributed by atoms with van der Waals surface area (Å²) in [7, 11) is 0. The predicted octanol–water partition coefficient (Wildman–Crippen LogP) is 4.67. The summed E-state index contributed by atoms with van der Waals surface area (Å²) in [5.74, 6) is 6.62. The highest BCUT2D eigenvalue weighted by molar-refractivity contribution is 8.01. The number of thiazole rings is 1. The molecule has 1 fully saturated rings. The van der Waals surface area contributed by atoms with E-state index in [0.29, 0.717) is 18.8 Å². The molecule has 1 aliphatic rings. The zero-order valence-electron chi connectivity index (χ0n) is 17.2. The Morgan fingerprint density at radius 1 is 1.52 bits per heavy atom. The van der Waals surface area contributed by atoms with E-state index in [-0.39, 0.29) is 23.3 Å². The first kappa shape index (κ1) is 23.7. The summed E-state index contributed by atoms with van der Waals surface area (Å²) in [6.45, 7) is 5.91. The number of rotatable bonds is 9. The van der Waals surface area contributed by atoms with E-state index >= 15 is 0 Å². The summed E-state index contributed by atoms with van der Waals surface area (Å²) in [6, 6.07) is 0. The maximum atomic E-state index is 12.3. The second kappa shape index (κ2) is 11.0. The number of thioether (sulfide) groups is 1. The van der Waals surface area contributed by atoms with Gasteiger partial charge < -0.3 is 10.2 Å². The van der Waals surface area contributed by atoms with Crippen LogP contribution in [-0.4, -0.2) is 38.3 Å². The first-order valence-corrected chi connectivity index (χ1v) is 11.8. The van der Waals surface area contributed by atoms with E-state index in [9.17, 15) is 14.7 Å². The third-order valence-electron chi connectivity index (χ3n) is 4.78. The van der Waals surface area contributed by atoms with Gasteiger partial charge in [-0.3, -0.25) is 4.79 Å². The van der Waals surface area contributed by atoms with Crippen molar-refractivity contribution < 1.29 is 19.8 Å². The maximum Gasteiger partial charge on any atom is 0.355 e. The summed E-state index contributed by atoms with van der Waals surface area (Å²) in [5.41, 5.74) is -0.981. The molecule has 0 amide bonds. The van der Waals surface area contributed by atoms with E-state index in [1.54, 1.807) is 6.92 Å². The van der Waals surface area contributed by atoms with Gasteiger partial charge in [-0.1, -0.05) is 43.7 Å². The molecule has 0 aliphatic heterocycles. The van der Waals surface area contributed by atoms with Crippen molar-refractivity contribution in [2.45, 2.75) is 62.8 Å². The average molecular weight is 436 g/mol. The molecule has 0 radical (unpaired) electrons. The Labute approximate surface area is 181 Å². The number of carboxylic acid groups (broad SMARTS) is 1. The maximum absolute atomic E-state index is 12.3. The van der Waals surface area contributed by atoms with Gasteiger partial charge in [-0.2, -0.15) is 0 Å². The Kier molecular flexibility index (Phi) is 8.94. The molecular weight excluding hydrogens is 406 g/mol. The topological polar surface area (TPSA) is 87.5 Å². The average Bonchev–Trinajstić information content (AvgIpc) is 3.23. The highest BCUT2D eigenvalue weighted by Gasteiger charge is 2.32. The van der Waals surface area contributed by atoms with Crippen molar-refractivity contribution in [3.8, 4) is 11.8 Å². The number of carbonyl (C=O) groups excluding carboxylic acids is 1. The monoisotopic (exact) mass is 435 g/mol. The number of ketones is 1. The van der Waals surface area contributed by atoms with Crippen LogP contribution in [-0.2, 0) is 4.79 Å². The van der Waals surface area contributed by atoms with Crippen LogP contribution in [0, 0.1) is 29.6 Å². The molecule has 5 nitrogen and oxygen atoms in total. The lowest BCUT2D eigenvalue weighted by Crippen LogP contribution is -2.20. The molecule has 1 aromatic rings. The molecule has 2 rings (SSSR count). The molecule has 3 atom stereocenters. The largest absolute Gasteiger partial charge is 0.476 e. The molecule has 158 valence electrons. The van der Waals surface area contributed by atoms with Crippen LogP contribution in [0.1, 0.15) is 63.4 Å². The molecule has 1 aromatic heterocycles.